The van der Waals surface area contributed by atoms with Gasteiger partial charge >= 0.3 is 0 Å². The van der Waals surface area contributed by atoms with Crippen molar-refractivity contribution in [2.75, 3.05) is 37.4 Å². The molecule has 0 aromatic heterocycles. The van der Waals surface area contributed by atoms with Gasteiger partial charge in [0.05, 0.1) is 17.5 Å². The van der Waals surface area contributed by atoms with Crippen LogP contribution in [0.3, 0.4) is 0 Å². The van der Waals surface area contributed by atoms with E-state index in [1.807, 2.05) is 30.3 Å². The number of amides is 1. The third kappa shape index (κ3) is 5.54. The monoisotopic (exact) mass is 405 g/mol. The molecule has 0 spiro atoms. The quantitative estimate of drug-likeness (QED) is 0.702. The Kier molecular flexibility index (Phi) is 7.17. The number of aryl methyl sites for hydroxylation is 1. The first-order chi connectivity index (χ1) is 13.1. The Bertz CT molecular complexity index is 912. The minimum atomic E-state index is -3.61. The lowest BCUT2D eigenvalue weighted by molar-refractivity contribution is -0.115. The molecule has 0 heterocycles. The summed E-state index contributed by atoms with van der Waals surface area (Å²) >= 11 is 0. The summed E-state index contributed by atoms with van der Waals surface area (Å²) < 4.78 is 26.0. The number of aliphatic hydroxyl groups is 1. The Morgan fingerprint density at radius 3 is 2.36 bits per heavy atom. The van der Waals surface area contributed by atoms with Crippen LogP contribution in [0, 0.1) is 6.92 Å². The molecule has 28 heavy (non-hydrogen) atoms. The maximum absolute atomic E-state index is 12.6. The van der Waals surface area contributed by atoms with Crippen LogP contribution in [-0.4, -0.2) is 57.0 Å². The highest BCUT2D eigenvalue weighted by molar-refractivity contribution is 7.89. The second-order valence-electron chi connectivity index (χ2n) is 6.88. The Labute approximate surface area is 166 Å². The number of nitrogens with one attached hydrogen (secondary N) is 1. The lowest BCUT2D eigenvalue weighted by atomic mass is 10.2. The van der Waals surface area contributed by atoms with Crippen molar-refractivity contribution < 1.29 is 18.3 Å². The summed E-state index contributed by atoms with van der Waals surface area (Å²) in [6, 6.07) is 14.1. The van der Waals surface area contributed by atoms with E-state index >= 15 is 0 Å². The van der Waals surface area contributed by atoms with Gasteiger partial charge in [-0.1, -0.05) is 24.3 Å². The highest BCUT2D eigenvalue weighted by Gasteiger charge is 2.21. The molecule has 0 aliphatic carbocycles. The molecule has 2 aromatic carbocycles. The van der Waals surface area contributed by atoms with Crippen LogP contribution in [0.15, 0.2) is 53.4 Å². The van der Waals surface area contributed by atoms with E-state index in [2.05, 4.69) is 5.32 Å². The summed E-state index contributed by atoms with van der Waals surface area (Å²) in [6.07, 6.45) is -0.607. The highest BCUT2D eigenvalue weighted by Crippen LogP contribution is 2.22. The number of nitrogens with zero attached hydrogens (tertiary/aromatic N) is 2. The molecule has 0 aliphatic heterocycles. The standard InChI is InChI=1S/C20H27N3O4S/c1-15-10-11-17(12-19(15)28(26,27)22(3)4)21-20(25)14-23(13-16(2)24)18-8-6-5-7-9-18/h5-12,16,24H,13-14H2,1-4H3,(H,21,25). The van der Waals surface area contributed by atoms with E-state index in [0.29, 0.717) is 17.8 Å². The molecule has 1 atom stereocenters. The molecule has 2 N–H and O–H groups in total. The van der Waals surface area contributed by atoms with E-state index in [1.54, 1.807) is 30.9 Å². The van der Waals surface area contributed by atoms with Gasteiger partial charge in [0, 0.05) is 32.0 Å². The zero-order valence-electron chi connectivity index (χ0n) is 16.6. The van der Waals surface area contributed by atoms with Gasteiger partial charge in [-0.2, -0.15) is 0 Å². The number of hydrogen-bond donors (Lipinski definition) is 2. The van der Waals surface area contributed by atoms with Gasteiger partial charge < -0.3 is 15.3 Å². The Morgan fingerprint density at radius 1 is 1.14 bits per heavy atom. The number of carbonyl (C=O) groups excluding carboxylic acids is 1. The number of aliphatic hydroxyl groups excluding tert-OH is 1. The largest absolute Gasteiger partial charge is 0.392 e. The summed E-state index contributed by atoms with van der Waals surface area (Å²) in [5, 5.41) is 12.5. The zero-order chi connectivity index (χ0) is 20.9. The van der Waals surface area contributed by atoms with Gasteiger partial charge in [0.25, 0.3) is 0 Å². The number of rotatable bonds is 8. The van der Waals surface area contributed by atoms with Crippen molar-refractivity contribution in [3.05, 3.63) is 54.1 Å². The highest BCUT2D eigenvalue weighted by atomic mass is 32.2. The lowest BCUT2D eigenvalue weighted by Gasteiger charge is -2.25. The second kappa shape index (κ2) is 9.18. The first kappa shape index (κ1) is 21.9. The fraction of sp³-hybridized carbons (Fsp3) is 0.350. The molecule has 2 aromatic rings. The van der Waals surface area contributed by atoms with Crippen LogP contribution in [0.2, 0.25) is 0 Å². The zero-order valence-corrected chi connectivity index (χ0v) is 17.4. The molecule has 0 bridgehead atoms. The van der Waals surface area contributed by atoms with Gasteiger partial charge in [-0.05, 0) is 43.7 Å². The topological polar surface area (TPSA) is 90.0 Å². The summed E-state index contributed by atoms with van der Waals surface area (Å²) in [5.74, 6) is -0.304. The molecule has 0 fully saturated rings. The van der Waals surface area contributed by atoms with Crippen LogP contribution < -0.4 is 10.2 Å². The molecule has 2 rings (SSSR count). The van der Waals surface area contributed by atoms with Gasteiger partial charge in [-0.15, -0.1) is 0 Å². The van der Waals surface area contributed by atoms with E-state index < -0.39 is 16.1 Å². The summed E-state index contributed by atoms with van der Waals surface area (Å²) in [4.78, 5) is 14.5. The van der Waals surface area contributed by atoms with Crippen LogP contribution >= 0.6 is 0 Å². The van der Waals surface area contributed by atoms with Gasteiger partial charge in [-0.25, -0.2) is 12.7 Å². The average molecular weight is 406 g/mol. The smallest absolute Gasteiger partial charge is 0.243 e. The maximum atomic E-state index is 12.6. The van der Waals surface area contributed by atoms with Crippen LogP contribution in [0.1, 0.15) is 12.5 Å². The molecule has 7 nitrogen and oxygen atoms in total. The molecule has 1 unspecified atom stereocenters. The first-order valence-electron chi connectivity index (χ1n) is 8.92. The molecule has 0 saturated carbocycles. The third-order valence-electron chi connectivity index (χ3n) is 4.17. The van der Waals surface area contributed by atoms with Gasteiger partial charge in [0.15, 0.2) is 0 Å². The summed E-state index contributed by atoms with van der Waals surface area (Å²) in [6.45, 7) is 3.69. The number of hydrogen-bond acceptors (Lipinski definition) is 5. The Hall–Kier alpha value is -2.42. The van der Waals surface area contributed by atoms with E-state index in [0.717, 1.165) is 9.99 Å². The molecule has 1 amide bonds. The van der Waals surface area contributed by atoms with Crippen molar-refractivity contribution in [3.8, 4) is 0 Å². The van der Waals surface area contributed by atoms with Crippen molar-refractivity contribution in [2.45, 2.75) is 24.8 Å². The van der Waals surface area contributed by atoms with Crippen LogP contribution in [0.5, 0.6) is 0 Å². The number of anilines is 2. The van der Waals surface area contributed by atoms with Crippen molar-refractivity contribution >= 4 is 27.3 Å². The van der Waals surface area contributed by atoms with Crippen molar-refractivity contribution in [2.24, 2.45) is 0 Å². The summed E-state index contributed by atoms with van der Waals surface area (Å²) in [5.41, 5.74) is 1.83. The first-order valence-corrected chi connectivity index (χ1v) is 10.4. The van der Waals surface area contributed by atoms with Crippen molar-refractivity contribution in [1.29, 1.82) is 0 Å². The van der Waals surface area contributed by atoms with Crippen molar-refractivity contribution in [3.63, 3.8) is 0 Å². The van der Waals surface area contributed by atoms with Gasteiger partial charge in [0.1, 0.15) is 0 Å². The molecular weight excluding hydrogens is 378 g/mol. The van der Waals surface area contributed by atoms with Gasteiger partial charge in [-0.3, -0.25) is 4.79 Å². The SMILES string of the molecule is Cc1ccc(NC(=O)CN(CC(C)O)c2ccccc2)cc1S(=O)(=O)N(C)C. The maximum Gasteiger partial charge on any atom is 0.243 e. The fourth-order valence-corrected chi connectivity index (χ4v) is 3.89. The summed E-state index contributed by atoms with van der Waals surface area (Å²) in [7, 11) is -0.677. The fourth-order valence-electron chi connectivity index (χ4n) is 2.75. The van der Waals surface area contributed by atoms with Crippen LogP contribution in [0.25, 0.3) is 0 Å². The molecule has 152 valence electrons. The molecule has 0 radical (unpaired) electrons. The predicted molar refractivity (Wildman–Crippen MR) is 111 cm³/mol. The van der Waals surface area contributed by atoms with E-state index in [9.17, 15) is 18.3 Å². The lowest BCUT2D eigenvalue weighted by Crippen LogP contribution is -2.37. The Morgan fingerprint density at radius 2 is 1.79 bits per heavy atom. The van der Waals surface area contributed by atoms with Gasteiger partial charge in [0.2, 0.25) is 15.9 Å². The Balaban J connectivity index is 2.20. The van der Waals surface area contributed by atoms with Crippen molar-refractivity contribution in [1.82, 2.24) is 4.31 Å². The average Bonchev–Trinajstić information content (AvgIpc) is 2.63. The number of sulfonamides is 1. The number of para-hydroxylation sites is 1. The molecule has 0 aliphatic rings. The normalized spacial score (nSPS) is 12.6. The number of carbonyl (C=O) groups is 1. The molecular formula is C20H27N3O4S. The van der Waals surface area contributed by atoms with E-state index in [1.165, 1.54) is 20.2 Å². The van der Waals surface area contributed by atoms with Crippen LogP contribution in [-0.2, 0) is 14.8 Å². The molecule has 8 heteroatoms. The third-order valence-corrected chi connectivity index (χ3v) is 6.13. The van der Waals surface area contributed by atoms with Crippen LogP contribution in [0.4, 0.5) is 11.4 Å². The minimum Gasteiger partial charge on any atom is -0.392 e. The minimum absolute atomic E-state index is 0.0263. The predicted octanol–water partition coefficient (Wildman–Crippen LogP) is 2.07. The van der Waals surface area contributed by atoms with E-state index in [-0.39, 0.29) is 17.3 Å². The van der Waals surface area contributed by atoms with E-state index in [4.69, 9.17) is 0 Å². The molecule has 0 saturated heterocycles. The number of benzene rings is 2. The second-order valence-corrected chi connectivity index (χ2v) is 9.00.